The number of morpholine rings is 1. The first kappa shape index (κ1) is 14.8. The van der Waals surface area contributed by atoms with Crippen molar-refractivity contribution in [1.82, 2.24) is 20.4 Å². The van der Waals surface area contributed by atoms with Gasteiger partial charge in [-0.25, -0.2) is 4.39 Å². The van der Waals surface area contributed by atoms with Crippen molar-refractivity contribution in [3.05, 3.63) is 0 Å². The van der Waals surface area contributed by atoms with Crippen LogP contribution in [0.3, 0.4) is 0 Å². The van der Waals surface area contributed by atoms with Gasteiger partial charge in [-0.1, -0.05) is 0 Å². The quantitative estimate of drug-likeness (QED) is 0.684. The van der Waals surface area contributed by atoms with E-state index in [1.54, 1.807) is 0 Å². The molecule has 0 aromatic heterocycles. The molecule has 0 radical (unpaired) electrons. The minimum atomic E-state index is -0.886. The summed E-state index contributed by atoms with van der Waals surface area (Å²) in [6.45, 7) is 6.09. The Bertz CT molecular complexity index is 445. The number of amides is 1. The SMILES string of the molecule is C[C@@H]1CN2C3C(CC(F)CC3C(=O)N1)NC2N1CCOCC1. The first-order valence-corrected chi connectivity index (χ1v) is 8.41. The van der Waals surface area contributed by atoms with Crippen molar-refractivity contribution in [3.8, 4) is 0 Å². The molecule has 3 heterocycles. The highest BCUT2D eigenvalue weighted by molar-refractivity contribution is 5.80. The van der Waals surface area contributed by atoms with Crippen molar-refractivity contribution < 1.29 is 13.9 Å². The average molecular weight is 312 g/mol. The maximum atomic E-state index is 14.1. The molecule has 1 aliphatic carbocycles. The van der Waals surface area contributed by atoms with E-state index in [0.717, 1.165) is 32.8 Å². The third kappa shape index (κ3) is 2.44. The fourth-order valence-electron chi connectivity index (χ4n) is 4.62. The second-order valence-corrected chi connectivity index (χ2v) is 7.07. The number of rotatable bonds is 1. The van der Waals surface area contributed by atoms with Crippen molar-refractivity contribution in [2.24, 2.45) is 5.92 Å². The molecule has 2 N–H and O–H groups in total. The zero-order chi connectivity index (χ0) is 15.3. The molecule has 3 aliphatic heterocycles. The highest BCUT2D eigenvalue weighted by Crippen LogP contribution is 2.38. The summed E-state index contributed by atoms with van der Waals surface area (Å²) in [5.41, 5.74) is 0. The Kier molecular flexibility index (Phi) is 3.84. The van der Waals surface area contributed by atoms with E-state index in [4.69, 9.17) is 4.74 Å². The number of hydrogen-bond acceptors (Lipinski definition) is 5. The van der Waals surface area contributed by atoms with Crippen LogP contribution in [-0.2, 0) is 9.53 Å². The summed E-state index contributed by atoms with van der Waals surface area (Å²) in [6, 6.07) is 0.280. The van der Waals surface area contributed by atoms with Crippen LogP contribution < -0.4 is 10.6 Å². The lowest BCUT2D eigenvalue weighted by Gasteiger charge is -2.40. The largest absolute Gasteiger partial charge is 0.379 e. The van der Waals surface area contributed by atoms with Gasteiger partial charge in [0.25, 0.3) is 0 Å². The molecule has 6 nitrogen and oxygen atoms in total. The Balaban J connectivity index is 1.63. The van der Waals surface area contributed by atoms with Crippen molar-refractivity contribution >= 4 is 5.91 Å². The number of halogens is 1. The van der Waals surface area contributed by atoms with Crippen LogP contribution in [0, 0.1) is 5.92 Å². The number of hydrogen-bond donors (Lipinski definition) is 2. The molecular weight excluding hydrogens is 287 g/mol. The molecule has 22 heavy (non-hydrogen) atoms. The fraction of sp³-hybridized carbons (Fsp3) is 0.933. The van der Waals surface area contributed by atoms with Gasteiger partial charge in [-0.05, 0) is 19.8 Å². The summed E-state index contributed by atoms with van der Waals surface area (Å²) in [5, 5.41) is 6.66. The highest BCUT2D eigenvalue weighted by atomic mass is 19.1. The highest BCUT2D eigenvalue weighted by Gasteiger charge is 2.54. The Hall–Kier alpha value is -0.760. The molecule has 124 valence electrons. The van der Waals surface area contributed by atoms with E-state index in [0.29, 0.717) is 12.8 Å². The molecule has 5 unspecified atom stereocenters. The molecule has 0 aromatic carbocycles. The van der Waals surface area contributed by atoms with E-state index in [9.17, 15) is 9.18 Å². The van der Waals surface area contributed by atoms with Crippen molar-refractivity contribution in [3.63, 3.8) is 0 Å². The zero-order valence-electron chi connectivity index (χ0n) is 13.0. The van der Waals surface area contributed by atoms with Gasteiger partial charge in [-0.2, -0.15) is 0 Å². The van der Waals surface area contributed by atoms with Gasteiger partial charge in [-0.15, -0.1) is 0 Å². The molecular formula is C15H25FN4O2. The van der Waals surface area contributed by atoms with Gasteiger partial charge >= 0.3 is 0 Å². The third-order valence-corrected chi connectivity index (χ3v) is 5.51. The average Bonchev–Trinajstić information content (AvgIpc) is 2.79. The maximum absolute atomic E-state index is 14.1. The fourth-order valence-corrected chi connectivity index (χ4v) is 4.62. The van der Waals surface area contributed by atoms with Gasteiger partial charge in [-0.3, -0.25) is 19.9 Å². The molecule has 0 bridgehead atoms. The molecule has 4 aliphatic rings. The van der Waals surface area contributed by atoms with Crippen molar-refractivity contribution in [1.29, 1.82) is 0 Å². The Morgan fingerprint density at radius 1 is 1.27 bits per heavy atom. The number of ether oxygens (including phenoxy) is 1. The minimum Gasteiger partial charge on any atom is -0.379 e. The molecule has 0 aromatic rings. The second kappa shape index (κ2) is 5.70. The first-order chi connectivity index (χ1) is 10.6. The van der Waals surface area contributed by atoms with E-state index >= 15 is 0 Å². The summed E-state index contributed by atoms with van der Waals surface area (Å²) < 4.78 is 19.6. The number of carbonyl (C=O) groups excluding carboxylic acids is 1. The second-order valence-electron chi connectivity index (χ2n) is 7.07. The molecule has 4 rings (SSSR count). The summed E-state index contributed by atoms with van der Waals surface area (Å²) in [5.74, 6) is -0.214. The Morgan fingerprint density at radius 3 is 2.82 bits per heavy atom. The number of nitrogens with one attached hydrogen (secondary N) is 2. The topological polar surface area (TPSA) is 56.8 Å². The van der Waals surface area contributed by atoms with E-state index < -0.39 is 6.17 Å². The predicted octanol–water partition coefficient (Wildman–Crippen LogP) is -0.489. The lowest BCUT2D eigenvalue weighted by atomic mass is 9.80. The van der Waals surface area contributed by atoms with Gasteiger partial charge < -0.3 is 10.1 Å². The molecule has 1 saturated carbocycles. The van der Waals surface area contributed by atoms with Crippen LogP contribution in [0.2, 0.25) is 0 Å². The Labute approximate surface area is 130 Å². The van der Waals surface area contributed by atoms with Gasteiger partial charge in [0.15, 0.2) is 0 Å². The van der Waals surface area contributed by atoms with Crippen molar-refractivity contribution in [2.45, 2.75) is 50.4 Å². The van der Waals surface area contributed by atoms with Crippen LogP contribution >= 0.6 is 0 Å². The van der Waals surface area contributed by atoms with Gasteiger partial charge in [0.2, 0.25) is 5.91 Å². The molecule has 1 amide bonds. The molecule has 7 heteroatoms. The predicted molar refractivity (Wildman–Crippen MR) is 78.8 cm³/mol. The first-order valence-electron chi connectivity index (χ1n) is 8.41. The van der Waals surface area contributed by atoms with Crippen LogP contribution in [-0.4, -0.2) is 79.1 Å². The van der Waals surface area contributed by atoms with Crippen LogP contribution in [0.15, 0.2) is 0 Å². The summed E-state index contributed by atoms with van der Waals surface area (Å²) in [4.78, 5) is 17.2. The molecule has 4 fully saturated rings. The van der Waals surface area contributed by atoms with Crippen molar-refractivity contribution in [2.75, 3.05) is 32.8 Å². The smallest absolute Gasteiger partial charge is 0.225 e. The number of alkyl halides is 1. The van der Waals surface area contributed by atoms with Gasteiger partial charge in [0.05, 0.1) is 19.1 Å². The minimum absolute atomic E-state index is 0.0248. The van der Waals surface area contributed by atoms with E-state index in [-0.39, 0.29) is 36.2 Å². The summed E-state index contributed by atoms with van der Waals surface area (Å²) in [6.07, 6.45) is 0.0820. The van der Waals surface area contributed by atoms with Crippen LogP contribution in [0.5, 0.6) is 0 Å². The number of carbonyl (C=O) groups is 1. The van der Waals surface area contributed by atoms with Crippen LogP contribution in [0.1, 0.15) is 19.8 Å². The summed E-state index contributed by atoms with van der Waals surface area (Å²) >= 11 is 0. The monoisotopic (exact) mass is 312 g/mol. The molecule has 6 atom stereocenters. The van der Waals surface area contributed by atoms with Gasteiger partial charge in [0.1, 0.15) is 12.5 Å². The van der Waals surface area contributed by atoms with E-state index in [1.807, 2.05) is 6.92 Å². The maximum Gasteiger partial charge on any atom is 0.225 e. The molecule has 0 spiro atoms. The lowest BCUT2D eigenvalue weighted by Crippen LogP contribution is -2.56. The normalized spacial score (nSPS) is 46.9. The zero-order valence-corrected chi connectivity index (χ0v) is 13.0. The third-order valence-electron chi connectivity index (χ3n) is 5.51. The van der Waals surface area contributed by atoms with Gasteiger partial charge in [0, 0.05) is 37.8 Å². The summed E-state index contributed by atoms with van der Waals surface area (Å²) in [7, 11) is 0. The van der Waals surface area contributed by atoms with E-state index in [2.05, 4.69) is 20.4 Å². The van der Waals surface area contributed by atoms with Crippen LogP contribution in [0.25, 0.3) is 0 Å². The standard InChI is InChI=1S/C15H25FN4O2/c1-9-8-20-13-11(14(21)17-9)6-10(16)7-12(13)18-15(20)19-2-4-22-5-3-19/h9-13,15,18H,2-8H2,1H3,(H,17,21)/t9-,10?,11?,12?,13?,15?/m1/s1. The molecule has 3 saturated heterocycles. The Morgan fingerprint density at radius 2 is 2.05 bits per heavy atom. The lowest BCUT2D eigenvalue weighted by molar-refractivity contribution is -0.128. The number of nitrogens with zero attached hydrogens (tertiary/aromatic N) is 2. The van der Waals surface area contributed by atoms with Crippen LogP contribution in [0.4, 0.5) is 4.39 Å². The van der Waals surface area contributed by atoms with E-state index in [1.165, 1.54) is 0 Å².